The van der Waals surface area contributed by atoms with Crippen LogP contribution in [-0.4, -0.2) is 23.2 Å². The van der Waals surface area contributed by atoms with Crippen LogP contribution in [0, 0.1) is 17.0 Å². The largest absolute Gasteiger partial charge is 0.461 e. The van der Waals surface area contributed by atoms with Crippen molar-refractivity contribution in [1.82, 2.24) is 0 Å². The lowest BCUT2D eigenvalue weighted by Crippen LogP contribution is -2.15. The van der Waals surface area contributed by atoms with Crippen molar-refractivity contribution in [3.05, 3.63) is 33.9 Å². The molecule has 0 saturated heterocycles. The number of non-ortho nitro benzene ring substituents is 1. The molecule has 0 amide bonds. The zero-order chi connectivity index (χ0) is 14.4. The molecular formula is C12H15N3O4. The van der Waals surface area contributed by atoms with Crippen LogP contribution in [0.3, 0.4) is 0 Å². The predicted octanol–water partition coefficient (Wildman–Crippen LogP) is 2.25. The number of nitro groups is 1. The number of benzene rings is 1. The van der Waals surface area contributed by atoms with Crippen molar-refractivity contribution in [1.29, 1.82) is 0 Å². The maximum atomic E-state index is 11.3. The molecule has 7 nitrogen and oxygen atoms in total. The molecule has 0 atom stereocenters. The van der Waals surface area contributed by atoms with Crippen LogP contribution in [0.5, 0.6) is 0 Å². The quantitative estimate of drug-likeness (QED) is 0.381. The zero-order valence-corrected chi connectivity index (χ0v) is 11.0. The van der Waals surface area contributed by atoms with Crippen LogP contribution in [0.2, 0.25) is 0 Å². The summed E-state index contributed by atoms with van der Waals surface area (Å²) in [5.41, 5.74) is 4.12. The van der Waals surface area contributed by atoms with Crippen LogP contribution in [0.4, 0.5) is 11.4 Å². The van der Waals surface area contributed by atoms with Gasteiger partial charge in [0.05, 0.1) is 17.2 Å². The van der Waals surface area contributed by atoms with Gasteiger partial charge in [-0.15, -0.1) is 0 Å². The smallest absolute Gasteiger partial charge is 0.354 e. The predicted molar refractivity (Wildman–Crippen MR) is 71.2 cm³/mol. The van der Waals surface area contributed by atoms with Crippen molar-refractivity contribution in [2.75, 3.05) is 12.0 Å². The number of nitrogens with one attached hydrogen (secondary N) is 1. The van der Waals surface area contributed by atoms with E-state index in [4.69, 9.17) is 4.74 Å². The number of hydrazone groups is 1. The Kier molecular flexibility index (Phi) is 4.99. The molecule has 0 fully saturated rings. The van der Waals surface area contributed by atoms with Gasteiger partial charge in [0, 0.05) is 12.1 Å². The maximum Gasteiger partial charge on any atom is 0.354 e. The summed E-state index contributed by atoms with van der Waals surface area (Å²) in [5, 5.41) is 14.5. The van der Waals surface area contributed by atoms with Gasteiger partial charge in [-0.05, 0) is 32.4 Å². The summed E-state index contributed by atoms with van der Waals surface area (Å²) in [6.45, 7) is 5.22. The normalized spacial score (nSPS) is 11.0. The Bertz CT molecular complexity index is 526. The Morgan fingerprint density at radius 3 is 2.74 bits per heavy atom. The number of esters is 1. The van der Waals surface area contributed by atoms with Gasteiger partial charge in [-0.2, -0.15) is 5.10 Å². The number of rotatable bonds is 5. The van der Waals surface area contributed by atoms with Crippen LogP contribution >= 0.6 is 0 Å². The summed E-state index contributed by atoms with van der Waals surface area (Å²) < 4.78 is 4.77. The molecule has 0 aromatic heterocycles. The fraction of sp³-hybridized carbons (Fsp3) is 0.333. The number of aryl methyl sites for hydroxylation is 1. The van der Waals surface area contributed by atoms with Gasteiger partial charge >= 0.3 is 5.97 Å². The molecule has 102 valence electrons. The number of hydrogen-bond donors (Lipinski definition) is 1. The third kappa shape index (κ3) is 4.06. The number of nitro benzene ring substituents is 1. The molecule has 0 aliphatic rings. The van der Waals surface area contributed by atoms with E-state index in [1.807, 2.05) is 0 Å². The minimum atomic E-state index is -0.505. The van der Waals surface area contributed by atoms with E-state index in [2.05, 4.69) is 10.5 Å². The van der Waals surface area contributed by atoms with Gasteiger partial charge in [0.1, 0.15) is 5.71 Å². The first-order valence-corrected chi connectivity index (χ1v) is 5.68. The second kappa shape index (κ2) is 6.48. The zero-order valence-electron chi connectivity index (χ0n) is 11.0. The number of carbonyl (C=O) groups is 1. The highest BCUT2D eigenvalue weighted by molar-refractivity contribution is 6.35. The summed E-state index contributed by atoms with van der Waals surface area (Å²) in [7, 11) is 0. The van der Waals surface area contributed by atoms with E-state index in [0.717, 1.165) is 0 Å². The number of ether oxygens (including phenoxy) is 1. The van der Waals surface area contributed by atoms with Gasteiger partial charge in [-0.25, -0.2) is 4.79 Å². The molecule has 0 saturated carbocycles. The molecule has 7 heteroatoms. The average Bonchev–Trinajstić information content (AvgIpc) is 2.36. The summed E-state index contributed by atoms with van der Waals surface area (Å²) >= 11 is 0. The lowest BCUT2D eigenvalue weighted by Gasteiger charge is -2.06. The fourth-order valence-electron chi connectivity index (χ4n) is 1.31. The van der Waals surface area contributed by atoms with Crippen molar-refractivity contribution in [2.24, 2.45) is 5.10 Å². The molecule has 0 spiro atoms. The Morgan fingerprint density at radius 1 is 1.53 bits per heavy atom. The second-order valence-electron chi connectivity index (χ2n) is 3.79. The summed E-state index contributed by atoms with van der Waals surface area (Å²) in [5.74, 6) is -0.505. The van der Waals surface area contributed by atoms with Gasteiger partial charge in [0.2, 0.25) is 0 Å². The average molecular weight is 265 g/mol. The molecule has 19 heavy (non-hydrogen) atoms. The number of carbonyl (C=O) groups excluding carboxylic acids is 1. The highest BCUT2D eigenvalue weighted by atomic mass is 16.6. The van der Waals surface area contributed by atoms with Crippen LogP contribution in [0.15, 0.2) is 23.3 Å². The van der Waals surface area contributed by atoms with Gasteiger partial charge in [0.25, 0.3) is 5.69 Å². The van der Waals surface area contributed by atoms with Crippen LogP contribution in [-0.2, 0) is 9.53 Å². The fourth-order valence-corrected chi connectivity index (χ4v) is 1.31. The summed E-state index contributed by atoms with van der Waals surface area (Å²) in [6.07, 6.45) is 0. The van der Waals surface area contributed by atoms with E-state index < -0.39 is 10.9 Å². The second-order valence-corrected chi connectivity index (χ2v) is 3.79. The minimum Gasteiger partial charge on any atom is -0.461 e. The van der Waals surface area contributed by atoms with E-state index >= 15 is 0 Å². The van der Waals surface area contributed by atoms with E-state index in [-0.39, 0.29) is 18.0 Å². The molecule has 1 aromatic rings. The Balaban J connectivity index is 2.81. The van der Waals surface area contributed by atoms with E-state index in [0.29, 0.717) is 11.3 Å². The maximum absolute atomic E-state index is 11.3. The summed E-state index contributed by atoms with van der Waals surface area (Å²) in [4.78, 5) is 21.4. The standard InChI is InChI=1S/C12H15N3O4/c1-4-19-12(16)9(3)13-14-11-6-5-10(15(17)18)7-8(11)2/h5-7,14H,4H2,1-3H3. The number of hydrogen-bond acceptors (Lipinski definition) is 6. The van der Waals surface area contributed by atoms with E-state index in [1.54, 1.807) is 13.8 Å². The van der Waals surface area contributed by atoms with E-state index in [9.17, 15) is 14.9 Å². The van der Waals surface area contributed by atoms with Crippen molar-refractivity contribution < 1.29 is 14.5 Å². The molecule has 0 radical (unpaired) electrons. The number of nitrogens with zero attached hydrogens (tertiary/aromatic N) is 2. The molecule has 0 bridgehead atoms. The molecular weight excluding hydrogens is 250 g/mol. The highest BCUT2D eigenvalue weighted by Gasteiger charge is 2.09. The molecule has 1 N–H and O–H groups in total. The van der Waals surface area contributed by atoms with Crippen LogP contribution in [0.1, 0.15) is 19.4 Å². The van der Waals surface area contributed by atoms with Crippen molar-refractivity contribution >= 4 is 23.1 Å². The third-order valence-corrected chi connectivity index (χ3v) is 2.34. The Morgan fingerprint density at radius 2 is 2.21 bits per heavy atom. The van der Waals surface area contributed by atoms with Crippen molar-refractivity contribution in [3.63, 3.8) is 0 Å². The van der Waals surface area contributed by atoms with Crippen LogP contribution in [0.25, 0.3) is 0 Å². The molecule has 1 aromatic carbocycles. The Hall–Kier alpha value is -2.44. The van der Waals surface area contributed by atoms with Crippen LogP contribution < -0.4 is 5.43 Å². The van der Waals surface area contributed by atoms with E-state index in [1.165, 1.54) is 25.1 Å². The SMILES string of the molecule is CCOC(=O)C(C)=NNc1ccc([N+](=O)[O-])cc1C. The minimum absolute atomic E-state index is 0.00847. The van der Waals surface area contributed by atoms with Gasteiger partial charge < -0.3 is 4.74 Å². The first kappa shape index (κ1) is 14.6. The Labute approximate surface area is 110 Å². The topological polar surface area (TPSA) is 93.8 Å². The van der Waals surface area contributed by atoms with Gasteiger partial charge in [0.15, 0.2) is 0 Å². The molecule has 0 aliphatic carbocycles. The van der Waals surface area contributed by atoms with Gasteiger partial charge in [-0.1, -0.05) is 0 Å². The molecule has 0 aliphatic heterocycles. The van der Waals surface area contributed by atoms with Crippen molar-refractivity contribution in [2.45, 2.75) is 20.8 Å². The first-order chi connectivity index (χ1) is 8.95. The van der Waals surface area contributed by atoms with Gasteiger partial charge in [-0.3, -0.25) is 15.5 Å². The first-order valence-electron chi connectivity index (χ1n) is 5.68. The lowest BCUT2D eigenvalue weighted by molar-refractivity contribution is -0.384. The monoisotopic (exact) mass is 265 g/mol. The molecule has 0 heterocycles. The molecule has 1 rings (SSSR count). The number of anilines is 1. The third-order valence-electron chi connectivity index (χ3n) is 2.34. The van der Waals surface area contributed by atoms with Crippen molar-refractivity contribution in [3.8, 4) is 0 Å². The lowest BCUT2D eigenvalue weighted by atomic mass is 10.2. The molecule has 0 unspecified atom stereocenters. The summed E-state index contributed by atoms with van der Waals surface area (Å²) in [6, 6.07) is 4.33. The highest BCUT2D eigenvalue weighted by Crippen LogP contribution is 2.21.